The zero-order valence-electron chi connectivity index (χ0n) is 11.8. The Kier molecular flexibility index (Phi) is 4.48. The molecule has 0 aliphatic carbocycles. The average Bonchev–Trinajstić information content (AvgIpc) is 2.40. The van der Waals surface area contributed by atoms with Crippen LogP contribution in [0.1, 0.15) is 18.9 Å². The van der Waals surface area contributed by atoms with Crippen molar-refractivity contribution in [2.75, 3.05) is 44.7 Å². The van der Waals surface area contributed by atoms with E-state index in [1.165, 1.54) is 37.3 Å². The largest absolute Gasteiger partial charge is 0.496 e. The molecular formula is C15H24N2O. The van der Waals surface area contributed by atoms with E-state index in [4.69, 9.17) is 4.74 Å². The van der Waals surface area contributed by atoms with Gasteiger partial charge in [-0.05, 0) is 43.7 Å². The average molecular weight is 248 g/mol. The Bertz CT molecular complexity index is 384. The van der Waals surface area contributed by atoms with Crippen LogP contribution < -0.4 is 9.64 Å². The molecule has 1 aromatic carbocycles. The van der Waals surface area contributed by atoms with Crippen molar-refractivity contribution in [3.05, 3.63) is 23.8 Å². The Balaban J connectivity index is 1.99. The fourth-order valence-corrected chi connectivity index (χ4v) is 2.61. The van der Waals surface area contributed by atoms with E-state index in [-0.39, 0.29) is 0 Å². The zero-order chi connectivity index (χ0) is 13.0. The van der Waals surface area contributed by atoms with E-state index < -0.39 is 0 Å². The van der Waals surface area contributed by atoms with Crippen LogP contribution in [0.4, 0.5) is 5.69 Å². The molecule has 0 saturated carbocycles. The molecule has 0 N–H and O–H groups in total. The lowest BCUT2D eigenvalue weighted by atomic mass is 10.1. The molecular weight excluding hydrogens is 224 g/mol. The first-order valence-electron chi connectivity index (χ1n) is 6.86. The van der Waals surface area contributed by atoms with Crippen molar-refractivity contribution in [2.24, 2.45) is 0 Å². The Labute approximate surface area is 110 Å². The van der Waals surface area contributed by atoms with Crippen molar-refractivity contribution < 1.29 is 4.74 Å². The summed E-state index contributed by atoms with van der Waals surface area (Å²) in [5, 5.41) is 0. The third-order valence-electron chi connectivity index (χ3n) is 3.66. The molecule has 1 aliphatic rings. The van der Waals surface area contributed by atoms with Crippen molar-refractivity contribution in [1.29, 1.82) is 0 Å². The molecule has 2 rings (SSSR count). The van der Waals surface area contributed by atoms with Gasteiger partial charge in [-0.15, -0.1) is 0 Å². The topological polar surface area (TPSA) is 15.7 Å². The summed E-state index contributed by atoms with van der Waals surface area (Å²) < 4.78 is 5.31. The summed E-state index contributed by atoms with van der Waals surface area (Å²) in [4.78, 5) is 5.02. The normalized spacial score (nSPS) is 16.9. The molecule has 1 aliphatic heterocycles. The SMILES string of the molecule is CCCN1CCN(c2ccc(OC)c(C)c2)CC1. The maximum absolute atomic E-state index is 5.31. The third-order valence-corrected chi connectivity index (χ3v) is 3.66. The first-order valence-corrected chi connectivity index (χ1v) is 6.86. The van der Waals surface area contributed by atoms with E-state index >= 15 is 0 Å². The number of hydrogen-bond acceptors (Lipinski definition) is 3. The summed E-state index contributed by atoms with van der Waals surface area (Å²) in [5.41, 5.74) is 2.54. The van der Waals surface area contributed by atoms with Gasteiger partial charge in [0.25, 0.3) is 0 Å². The Morgan fingerprint density at radius 1 is 1.17 bits per heavy atom. The van der Waals surface area contributed by atoms with E-state index in [0.29, 0.717) is 0 Å². The smallest absolute Gasteiger partial charge is 0.121 e. The number of ether oxygens (including phenoxy) is 1. The zero-order valence-corrected chi connectivity index (χ0v) is 11.8. The molecule has 1 saturated heterocycles. The van der Waals surface area contributed by atoms with Gasteiger partial charge in [0.1, 0.15) is 5.75 Å². The van der Waals surface area contributed by atoms with Crippen molar-refractivity contribution in [3.63, 3.8) is 0 Å². The highest BCUT2D eigenvalue weighted by Gasteiger charge is 2.16. The van der Waals surface area contributed by atoms with Gasteiger partial charge < -0.3 is 9.64 Å². The minimum Gasteiger partial charge on any atom is -0.496 e. The van der Waals surface area contributed by atoms with Gasteiger partial charge in [-0.2, -0.15) is 0 Å². The predicted octanol–water partition coefficient (Wildman–Crippen LogP) is 2.54. The lowest BCUT2D eigenvalue weighted by molar-refractivity contribution is 0.258. The first-order chi connectivity index (χ1) is 8.74. The van der Waals surface area contributed by atoms with E-state index in [1.54, 1.807) is 7.11 Å². The van der Waals surface area contributed by atoms with Crippen LogP contribution in [0.5, 0.6) is 5.75 Å². The highest BCUT2D eigenvalue weighted by molar-refractivity contribution is 5.53. The Morgan fingerprint density at radius 3 is 2.44 bits per heavy atom. The van der Waals surface area contributed by atoms with Gasteiger partial charge in [0.15, 0.2) is 0 Å². The van der Waals surface area contributed by atoms with E-state index in [1.807, 2.05) is 0 Å². The van der Waals surface area contributed by atoms with Crippen LogP contribution in [0.2, 0.25) is 0 Å². The first kappa shape index (κ1) is 13.2. The molecule has 100 valence electrons. The van der Waals surface area contributed by atoms with Gasteiger partial charge in [0.05, 0.1) is 7.11 Å². The number of benzene rings is 1. The summed E-state index contributed by atoms with van der Waals surface area (Å²) in [6.07, 6.45) is 1.25. The summed E-state index contributed by atoms with van der Waals surface area (Å²) in [5.74, 6) is 0.975. The summed E-state index contributed by atoms with van der Waals surface area (Å²) in [6, 6.07) is 6.47. The van der Waals surface area contributed by atoms with E-state index in [0.717, 1.165) is 18.8 Å². The van der Waals surface area contributed by atoms with E-state index in [9.17, 15) is 0 Å². The quantitative estimate of drug-likeness (QED) is 0.814. The van der Waals surface area contributed by atoms with Gasteiger partial charge in [-0.25, -0.2) is 0 Å². The molecule has 0 unspecified atom stereocenters. The second-order valence-corrected chi connectivity index (χ2v) is 4.98. The number of piperazine rings is 1. The molecule has 1 fully saturated rings. The molecule has 0 radical (unpaired) electrons. The number of rotatable bonds is 4. The molecule has 0 amide bonds. The Morgan fingerprint density at radius 2 is 1.89 bits per heavy atom. The van der Waals surface area contributed by atoms with Gasteiger partial charge in [0, 0.05) is 31.9 Å². The van der Waals surface area contributed by atoms with Crippen molar-refractivity contribution in [2.45, 2.75) is 20.3 Å². The lowest BCUT2D eigenvalue weighted by Crippen LogP contribution is -2.46. The maximum Gasteiger partial charge on any atom is 0.121 e. The Hall–Kier alpha value is -1.22. The number of nitrogens with zero attached hydrogens (tertiary/aromatic N) is 2. The van der Waals surface area contributed by atoms with Crippen LogP contribution >= 0.6 is 0 Å². The molecule has 3 nitrogen and oxygen atoms in total. The van der Waals surface area contributed by atoms with Crippen LogP contribution in [-0.2, 0) is 0 Å². The van der Waals surface area contributed by atoms with Crippen LogP contribution in [0, 0.1) is 6.92 Å². The summed E-state index contributed by atoms with van der Waals surface area (Å²) in [7, 11) is 1.73. The van der Waals surface area contributed by atoms with Crippen molar-refractivity contribution >= 4 is 5.69 Å². The second kappa shape index (κ2) is 6.10. The second-order valence-electron chi connectivity index (χ2n) is 4.98. The monoisotopic (exact) mass is 248 g/mol. The van der Waals surface area contributed by atoms with Gasteiger partial charge in [-0.3, -0.25) is 4.90 Å². The van der Waals surface area contributed by atoms with Gasteiger partial charge >= 0.3 is 0 Å². The number of aryl methyl sites for hydroxylation is 1. The molecule has 1 heterocycles. The van der Waals surface area contributed by atoms with Crippen molar-refractivity contribution in [1.82, 2.24) is 4.90 Å². The van der Waals surface area contributed by atoms with Crippen LogP contribution in [-0.4, -0.2) is 44.7 Å². The molecule has 0 aromatic heterocycles. The maximum atomic E-state index is 5.31. The molecule has 0 spiro atoms. The minimum atomic E-state index is 0.975. The van der Waals surface area contributed by atoms with Crippen LogP contribution in [0.15, 0.2) is 18.2 Å². The number of methoxy groups -OCH3 is 1. The summed E-state index contributed by atoms with van der Waals surface area (Å²) in [6.45, 7) is 10.2. The number of anilines is 1. The highest BCUT2D eigenvalue weighted by atomic mass is 16.5. The number of hydrogen-bond donors (Lipinski definition) is 0. The minimum absolute atomic E-state index is 0.975. The molecule has 18 heavy (non-hydrogen) atoms. The van der Waals surface area contributed by atoms with Gasteiger partial charge in [-0.1, -0.05) is 6.92 Å². The molecule has 0 atom stereocenters. The molecule has 0 bridgehead atoms. The van der Waals surface area contributed by atoms with Crippen molar-refractivity contribution in [3.8, 4) is 5.75 Å². The van der Waals surface area contributed by atoms with Crippen LogP contribution in [0.3, 0.4) is 0 Å². The summed E-state index contributed by atoms with van der Waals surface area (Å²) >= 11 is 0. The fourth-order valence-electron chi connectivity index (χ4n) is 2.61. The predicted molar refractivity (Wildman–Crippen MR) is 76.7 cm³/mol. The van der Waals surface area contributed by atoms with Gasteiger partial charge in [0.2, 0.25) is 0 Å². The van der Waals surface area contributed by atoms with E-state index in [2.05, 4.69) is 41.8 Å². The molecule has 3 heteroatoms. The lowest BCUT2D eigenvalue weighted by Gasteiger charge is -2.36. The standard InChI is InChI=1S/C15H24N2O/c1-4-7-16-8-10-17(11-9-16)14-5-6-15(18-3)13(2)12-14/h5-6,12H,4,7-11H2,1-3H3. The fraction of sp³-hybridized carbons (Fsp3) is 0.600. The molecule has 1 aromatic rings. The third kappa shape index (κ3) is 2.96. The highest BCUT2D eigenvalue weighted by Crippen LogP contribution is 2.24. The van der Waals surface area contributed by atoms with Crippen LogP contribution in [0.25, 0.3) is 0 Å².